The van der Waals surface area contributed by atoms with E-state index in [0.717, 1.165) is 16.3 Å². The summed E-state index contributed by atoms with van der Waals surface area (Å²) in [6.45, 7) is 0. The minimum Gasteiger partial charge on any atom is -0.304 e. The number of amides is 1. The molecule has 0 bridgehead atoms. The van der Waals surface area contributed by atoms with E-state index in [1.807, 2.05) is 36.4 Å². The lowest BCUT2D eigenvalue weighted by molar-refractivity contribution is -0.116. The van der Waals surface area contributed by atoms with Crippen molar-refractivity contribution in [1.29, 1.82) is 0 Å². The van der Waals surface area contributed by atoms with Gasteiger partial charge in [-0.05, 0) is 11.5 Å². The number of hydrogen-bond acceptors (Lipinski definition) is 5. The third-order valence-corrected chi connectivity index (χ3v) is 3.92. The zero-order chi connectivity index (χ0) is 12.4. The smallest absolute Gasteiger partial charge is 0.236 e. The van der Waals surface area contributed by atoms with Crippen LogP contribution in [0.5, 0.6) is 0 Å². The second-order valence-electron chi connectivity index (χ2n) is 3.67. The van der Waals surface area contributed by atoms with Gasteiger partial charge >= 0.3 is 0 Å². The fourth-order valence-electron chi connectivity index (χ4n) is 1.55. The highest BCUT2D eigenvalue weighted by Crippen LogP contribution is 2.28. The lowest BCUT2D eigenvalue weighted by Gasteiger charge is -1.93. The SMILES string of the molecule is O=C1CSC(=Nc2cc(-c3ccccc3)ns2)N1. The van der Waals surface area contributed by atoms with Crippen molar-refractivity contribution in [1.82, 2.24) is 9.69 Å². The number of carbonyl (C=O) groups is 1. The third kappa shape index (κ3) is 2.44. The number of thioether (sulfide) groups is 1. The number of hydrogen-bond donors (Lipinski definition) is 1. The van der Waals surface area contributed by atoms with Crippen LogP contribution in [0.3, 0.4) is 0 Å². The molecule has 2 heterocycles. The van der Waals surface area contributed by atoms with Crippen molar-refractivity contribution < 1.29 is 4.79 Å². The molecule has 0 spiro atoms. The van der Waals surface area contributed by atoms with E-state index in [9.17, 15) is 4.79 Å². The van der Waals surface area contributed by atoms with Gasteiger partial charge in [-0.2, -0.15) is 4.37 Å². The molecular weight excluding hydrogens is 266 g/mol. The van der Waals surface area contributed by atoms with Gasteiger partial charge in [0.05, 0.1) is 11.4 Å². The van der Waals surface area contributed by atoms with Crippen molar-refractivity contribution in [3.8, 4) is 11.3 Å². The first-order chi connectivity index (χ1) is 8.81. The summed E-state index contributed by atoms with van der Waals surface area (Å²) in [5, 5.41) is 4.16. The Balaban J connectivity index is 1.84. The predicted octanol–water partition coefficient (Wildman–Crippen LogP) is 2.66. The summed E-state index contributed by atoms with van der Waals surface area (Å²) in [6, 6.07) is 11.9. The highest BCUT2D eigenvalue weighted by Gasteiger charge is 2.16. The molecule has 6 heteroatoms. The molecule has 2 aromatic rings. The summed E-state index contributed by atoms with van der Waals surface area (Å²) in [6.07, 6.45) is 0. The number of benzene rings is 1. The number of nitrogens with zero attached hydrogens (tertiary/aromatic N) is 2. The van der Waals surface area contributed by atoms with E-state index in [2.05, 4.69) is 14.7 Å². The van der Waals surface area contributed by atoms with Crippen LogP contribution in [0.4, 0.5) is 5.00 Å². The van der Waals surface area contributed by atoms with Crippen LogP contribution in [0.2, 0.25) is 0 Å². The summed E-state index contributed by atoms with van der Waals surface area (Å²) < 4.78 is 4.36. The molecule has 1 saturated heterocycles. The van der Waals surface area contributed by atoms with E-state index in [-0.39, 0.29) is 5.91 Å². The van der Waals surface area contributed by atoms with Crippen LogP contribution in [0, 0.1) is 0 Å². The second kappa shape index (κ2) is 4.91. The maximum absolute atomic E-state index is 11.0. The Morgan fingerprint density at radius 2 is 2.11 bits per heavy atom. The molecule has 1 fully saturated rings. The average Bonchev–Trinajstić information content (AvgIpc) is 3.01. The molecule has 1 aliphatic rings. The molecular formula is C12H9N3OS2. The highest BCUT2D eigenvalue weighted by atomic mass is 32.2. The number of aliphatic imine (C=N–C) groups is 1. The Labute approximate surface area is 112 Å². The quantitative estimate of drug-likeness (QED) is 0.916. The minimum atomic E-state index is 0.00606. The van der Waals surface area contributed by atoms with Crippen LogP contribution in [0.25, 0.3) is 11.3 Å². The third-order valence-electron chi connectivity index (χ3n) is 2.37. The maximum atomic E-state index is 11.0. The van der Waals surface area contributed by atoms with Crippen LogP contribution in [-0.4, -0.2) is 21.2 Å². The molecule has 1 aliphatic heterocycles. The summed E-state index contributed by atoms with van der Waals surface area (Å²) in [5.74, 6) is 0.454. The van der Waals surface area contributed by atoms with E-state index >= 15 is 0 Å². The zero-order valence-corrected chi connectivity index (χ0v) is 10.9. The first kappa shape index (κ1) is 11.4. The van der Waals surface area contributed by atoms with E-state index in [4.69, 9.17) is 0 Å². The summed E-state index contributed by atoms with van der Waals surface area (Å²) in [5.41, 5.74) is 1.98. The molecule has 3 rings (SSSR count). The Morgan fingerprint density at radius 3 is 2.83 bits per heavy atom. The molecule has 0 unspecified atom stereocenters. The van der Waals surface area contributed by atoms with Gasteiger partial charge in [-0.1, -0.05) is 42.1 Å². The fourth-order valence-corrected chi connectivity index (χ4v) is 2.94. The number of carbonyl (C=O) groups excluding carboxylic acids is 1. The minimum absolute atomic E-state index is 0.00606. The number of rotatable bonds is 2. The van der Waals surface area contributed by atoms with Crippen LogP contribution >= 0.6 is 23.3 Å². The monoisotopic (exact) mass is 275 g/mol. The van der Waals surface area contributed by atoms with Crippen molar-refractivity contribution in [2.75, 3.05) is 5.75 Å². The van der Waals surface area contributed by atoms with Crippen molar-refractivity contribution in [3.05, 3.63) is 36.4 Å². The topological polar surface area (TPSA) is 54.4 Å². The maximum Gasteiger partial charge on any atom is 0.236 e. The average molecular weight is 275 g/mol. The molecule has 0 radical (unpaired) electrons. The van der Waals surface area contributed by atoms with Gasteiger partial charge in [0.15, 0.2) is 5.17 Å². The van der Waals surface area contributed by atoms with Gasteiger partial charge in [0.2, 0.25) is 5.91 Å². The van der Waals surface area contributed by atoms with Gasteiger partial charge in [-0.3, -0.25) is 4.79 Å². The molecule has 1 aromatic heterocycles. The molecule has 4 nitrogen and oxygen atoms in total. The summed E-state index contributed by atoms with van der Waals surface area (Å²) in [4.78, 5) is 15.4. The molecule has 0 saturated carbocycles. The lowest BCUT2D eigenvalue weighted by atomic mass is 10.2. The standard InChI is InChI=1S/C12H9N3OS2/c16-10-7-17-12(13-10)14-11-6-9(15-18-11)8-4-2-1-3-5-8/h1-6H,7H2,(H,13,14,16). The fraction of sp³-hybridized carbons (Fsp3) is 0.0833. The van der Waals surface area contributed by atoms with Crippen molar-refractivity contribution >= 4 is 39.4 Å². The van der Waals surface area contributed by atoms with Gasteiger partial charge < -0.3 is 5.32 Å². The predicted molar refractivity (Wildman–Crippen MR) is 75.2 cm³/mol. The van der Waals surface area contributed by atoms with E-state index < -0.39 is 0 Å². The van der Waals surface area contributed by atoms with E-state index in [1.165, 1.54) is 23.3 Å². The van der Waals surface area contributed by atoms with Crippen molar-refractivity contribution in [3.63, 3.8) is 0 Å². The van der Waals surface area contributed by atoms with Gasteiger partial charge in [-0.15, -0.1) is 0 Å². The van der Waals surface area contributed by atoms with E-state index in [0.29, 0.717) is 10.9 Å². The largest absolute Gasteiger partial charge is 0.304 e. The Morgan fingerprint density at radius 1 is 1.28 bits per heavy atom. The summed E-state index contributed by atoms with van der Waals surface area (Å²) >= 11 is 2.75. The Bertz CT molecular complexity index is 607. The highest BCUT2D eigenvalue weighted by molar-refractivity contribution is 8.15. The van der Waals surface area contributed by atoms with Gasteiger partial charge in [0.1, 0.15) is 5.00 Å². The van der Waals surface area contributed by atoms with Crippen molar-refractivity contribution in [2.24, 2.45) is 4.99 Å². The number of aromatic nitrogens is 1. The van der Waals surface area contributed by atoms with Crippen LogP contribution < -0.4 is 5.32 Å². The first-order valence-corrected chi connectivity index (χ1v) is 7.11. The molecule has 1 aromatic carbocycles. The zero-order valence-electron chi connectivity index (χ0n) is 9.29. The molecule has 18 heavy (non-hydrogen) atoms. The Kier molecular flexibility index (Phi) is 3.12. The second-order valence-corrected chi connectivity index (χ2v) is 5.42. The molecule has 0 atom stereocenters. The van der Waals surface area contributed by atoms with Gasteiger partial charge in [0.25, 0.3) is 0 Å². The normalized spacial score (nSPS) is 17.1. The Hall–Kier alpha value is -1.66. The lowest BCUT2D eigenvalue weighted by Crippen LogP contribution is -2.19. The first-order valence-electron chi connectivity index (χ1n) is 5.35. The molecule has 1 amide bonds. The number of amidine groups is 1. The molecule has 90 valence electrons. The summed E-state index contributed by atoms with van der Waals surface area (Å²) in [7, 11) is 0. The van der Waals surface area contributed by atoms with Crippen LogP contribution in [0.1, 0.15) is 0 Å². The molecule has 1 N–H and O–H groups in total. The van der Waals surface area contributed by atoms with Gasteiger partial charge in [-0.25, -0.2) is 4.99 Å². The van der Waals surface area contributed by atoms with Crippen molar-refractivity contribution in [2.45, 2.75) is 0 Å². The number of nitrogens with one attached hydrogen (secondary N) is 1. The van der Waals surface area contributed by atoms with Crippen LogP contribution in [-0.2, 0) is 4.79 Å². The van der Waals surface area contributed by atoms with Crippen LogP contribution in [0.15, 0.2) is 41.4 Å². The van der Waals surface area contributed by atoms with E-state index in [1.54, 1.807) is 0 Å². The molecule has 0 aliphatic carbocycles. The van der Waals surface area contributed by atoms with Gasteiger partial charge in [0, 0.05) is 11.6 Å².